The van der Waals surface area contributed by atoms with Crippen molar-refractivity contribution in [2.24, 2.45) is 0 Å². The summed E-state index contributed by atoms with van der Waals surface area (Å²) in [6.07, 6.45) is 0. The van der Waals surface area contributed by atoms with Crippen molar-refractivity contribution in [1.29, 1.82) is 5.26 Å². The summed E-state index contributed by atoms with van der Waals surface area (Å²) in [4.78, 5) is 0. The minimum absolute atomic E-state index is 0.382. The standard InChI is InChI=1S/C8H3BrClN3/c9-5-1-4-7(2-6(5)10)12-13-8(4)3-11/h1-2H,(H,12,13). The fourth-order valence-electron chi connectivity index (χ4n) is 1.10. The Bertz CT molecular complexity index is 512. The Labute approximate surface area is 87.4 Å². The fraction of sp³-hybridized carbons (Fsp3) is 0. The summed E-state index contributed by atoms with van der Waals surface area (Å²) in [6.45, 7) is 0. The van der Waals surface area contributed by atoms with Crippen LogP contribution in [0.2, 0.25) is 5.02 Å². The summed E-state index contributed by atoms with van der Waals surface area (Å²) in [7, 11) is 0. The molecule has 1 N–H and O–H groups in total. The average Bonchev–Trinajstić information content (AvgIpc) is 2.48. The number of nitriles is 1. The van der Waals surface area contributed by atoms with E-state index >= 15 is 0 Å². The van der Waals surface area contributed by atoms with Crippen LogP contribution in [0.1, 0.15) is 5.69 Å². The lowest BCUT2D eigenvalue weighted by atomic mass is 10.2. The molecule has 0 aliphatic heterocycles. The van der Waals surface area contributed by atoms with E-state index in [-0.39, 0.29) is 0 Å². The zero-order valence-electron chi connectivity index (χ0n) is 6.31. The molecule has 0 saturated heterocycles. The lowest BCUT2D eigenvalue weighted by Crippen LogP contribution is -1.73. The van der Waals surface area contributed by atoms with Gasteiger partial charge in [0.1, 0.15) is 6.07 Å². The van der Waals surface area contributed by atoms with Crippen LogP contribution in [0.3, 0.4) is 0 Å². The van der Waals surface area contributed by atoms with Crippen molar-refractivity contribution < 1.29 is 0 Å². The quantitative estimate of drug-likeness (QED) is 0.788. The van der Waals surface area contributed by atoms with Crippen LogP contribution in [0, 0.1) is 11.3 Å². The molecule has 0 aliphatic carbocycles. The lowest BCUT2D eigenvalue weighted by molar-refractivity contribution is 1.10. The van der Waals surface area contributed by atoms with Crippen molar-refractivity contribution in [3.63, 3.8) is 0 Å². The van der Waals surface area contributed by atoms with Gasteiger partial charge in [-0.05, 0) is 28.1 Å². The third-order valence-electron chi connectivity index (χ3n) is 1.71. The first-order valence-electron chi connectivity index (χ1n) is 3.45. The average molecular weight is 256 g/mol. The second-order valence-electron chi connectivity index (χ2n) is 2.50. The van der Waals surface area contributed by atoms with Crippen LogP contribution in [0.25, 0.3) is 10.9 Å². The molecular weight excluding hydrogens is 253 g/mol. The highest BCUT2D eigenvalue weighted by atomic mass is 79.9. The van der Waals surface area contributed by atoms with E-state index in [4.69, 9.17) is 16.9 Å². The van der Waals surface area contributed by atoms with E-state index in [1.807, 2.05) is 6.07 Å². The molecule has 64 valence electrons. The number of benzene rings is 1. The van der Waals surface area contributed by atoms with Crippen LogP contribution in [0.15, 0.2) is 16.6 Å². The number of aromatic nitrogens is 2. The number of nitrogens with one attached hydrogen (secondary N) is 1. The van der Waals surface area contributed by atoms with E-state index in [0.717, 1.165) is 15.4 Å². The Morgan fingerprint density at radius 1 is 1.54 bits per heavy atom. The van der Waals surface area contributed by atoms with Crippen LogP contribution in [-0.4, -0.2) is 10.2 Å². The number of fused-ring (bicyclic) bond motifs is 1. The molecular formula is C8H3BrClN3. The second-order valence-corrected chi connectivity index (χ2v) is 3.76. The summed E-state index contributed by atoms with van der Waals surface area (Å²) in [5.74, 6) is 0. The maximum Gasteiger partial charge on any atom is 0.170 e. The third-order valence-corrected chi connectivity index (χ3v) is 2.91. The summed E-state index contributed by atoms with van der Waals surface area (Å²) in [5.41, 5.74) is 1.15. The zero-order chi connectivity index (χ0) is 9.42. The van der Waals surface area contributed by atoms with Crippen molar-refractivity contribution in [1.82, 2.24) is 10.2 Å². The molecule has 0 amide bonds. The molecule has 2 rings (SSSR count). The SMILES string of the molecule is N#Cc1n[nH]c2cc(Cl)c(Br)cc12. The van der Waals surface area contributed by atoms with Gasteiger partial charge in [-0.15, -0.1) is 0 Å². The molecule has 0 saturated carbocycles. The monoisotopic (exact) mass is 255 g/mol. The summed E-state index contributed by atoms with van der Waals surface area (Å²) in [6, 6.07) is 5.50. The molecule has 0 unspecified atom stereocenters. The van der Waals surface area contributed by atoms with Crippen molar-refractivity contribution in [2.45, 2.75) is 0 Å². The first-order valence-corrected chi connectivity index (χ1v) is 4.62. The van der Waals surface area contributed by atoms with Gasteiger partial charge >= 0.3 is 0 Å². The van der Waals surface area contributed by atoms with Gasteiger partial charge in [-0.1, -0.05) is 11.6 Å². The molecule has 0 spiro atoms. The van der Waals surface area contributed by atoms with E-state index in [1.165, 1.54) is 0 Å². The molecule has 0 bridgehead atoms. The first kappa shape index (κ1) is 8.54. The second kappa shape index (κ2) is 3.02. The minimum atomic E-state index is 0.382. The molecule has 13 heavy (non-hydrogen) atoms. The molecule has 0 fully saturated rings. The van der Waals surface area contributed by atoms with Gasteiger partial charge < -0.3 is 0 Å². The van der Waals surface area contributed by atoms with Gasteiger partial charge in [-0.3, -0.25) is 5.10 Å². The van der Waals surface area contributed by atoms with E-state index in [9.17, 15) is 0 Å². The summed E-state index contributed by atoms with van der Waals surface area (Å²) >= 11 is 9.14. The number of aromatic amines is 1. The normalized spacial score (nSPS) is 10.2. The molecule has 3 nitrogen and oxygen atoms in total. The highest BCUT2D eigenvalue weighted by Crippen LogP contribution is 2.28. The van der Waals surface area contributed by atoms with Gasteiger partial charge in [0.15, 0.2) is 5.69 Å². The first-order chi connectivity index (χ1) is 6.22. The predicted molar refractivity (Wildman–Crippen MR) is 53.5 cm³/mol. The van der Waals surface area contributed by atoms with Crippen molar-refractivity contribution >= 4 is 38.4 Å². The largest absolute Gasteiger partial charge is 0.276 e. The number of hydrogen-bond acceptors (Lipinski definition) is 2. The fourth-order valence-corrected chi connectivity index (χ4v) is 1.60. The van der Waals surface area contributed by atoms with E-state index in [2.05, 4.69) is 26.1 Å². The van der Waals surface area contributed by atoms with Gasteiger partial charge in [-0.25, -0.2) is 0 Å². The number of nitrogens with zero attached hydrogens (tertiary/aromatic N) is 2. The predicted octanol–water partition coefficient (Wildman–Crippen LogP) is 2.85. The van der Waals surface area contributed by atoms with Gasteiger partial charge in [0.2, 0.25) is 0 Å². The van der Waals surface area contributed by atoms with E-state index in [0.29, 0.717) is 10.7 Å². The van der Waals surface area contributed by atoms with Gasteiger partial charge in [-0.2, -0.15) is 10.4 Å². The number of rotatable bonds is 0. The number of hydrogen-bond donors (Lipinski definition) is 1. The van der Waals surface area contributed by atoms with E-state index < -0.39 is 0 Å². The van der Waals surface area contributed by atoms with Crippen LogP contribution in [0.4, 0.5) is 0 Å². The maximum atomic E-state index is 8.70. The number of H-pyrrole nitrogens is 1. The van der Waals surface area contributed by atoms with Gasteiger partial charge in [0.05, 0.1) is 10.5 Å². The number of halogens is 2. The van der Waals surface area contributed by atoms with Crippen molar-refractivity contribution in [3.8, 4) is 6.07 Å². The summed E-state index contributed by atoms with van der Waals surface area (Å²) in [5, 5.41) is 16.6. The molecule has 1 heterocycles. The lowest BCUT2D eigenvalue weighted by Gasteiger charge is -1.94. The van der Waals surface area contributed by atoms with E-state index in [1.54, 1.807) is 12.1 Å². The van der Waals surface area contributed by atoms with Crippen LogP contribution in [0.5, 0.6) is 0 Å². The Hall–Kier alpha value is -1.05. The van der Waals surface area contributed by atoms with Crippen LogP contribution in [-0.2, 0) is 0 Å². The van der Waals surface area contributed by atoms with Crippen molar-refractivity contribution in [2.75, 3.05) is 0 Å². The molecule has 0 aliphatic rings. The van der Waals surface area contributed by atoms with Crippen molar-refractivity contribution in [3.05, 3.63) is 27.3 Å². The molecule has 1 aromatic heterocycles. The molecule has 5 heteroatoms. The Morgan fingerprint density at radius 2 is 2.31 bits per heavy atom. The minimum Gasteiger partial charge on any atom is -0.276 e. The van der Waals surface area contributed by atoms with Gasteiger partial charge in [0, 0.05) is 9.86 Å². The highest BCUT2D eigenvalue weighted by molar-refractivity contribution is 9.10. The zero-order valence-corrected chi connectivity index (χ0v) is 8.65. The Kier molecular flexibility index (Phi) is 1.98. The van der Waals surface area contributed by atoms with Gasteiger partial charge in [0.25, 0.3) is 0 Å². The highest BCUT2D eigenvalue weighted by Gasteiger charge is 2.07. The maximum absolute atomic E-state index is 8.70. The molecule has 1 aromatic carbocycles. The summed E-state index contributed by atoms with van der Waals surface area (Å²) < 4.78 is 0.763. The molecule has 2 aromatic rings. The van der Waals surface area contributed by atoms with Crippen LogP contribution >= 0.6 is 27.5 Å². The Morgan fingerprint density at radius 3 is 3.00 bits per heavy atom. The Balaban J connectivity index is 2.86. The topological polar surface area (TPSA) is 52.5 Å². The molecule has 0 atom stereocenters. The van der Waals surface area contributed by atoms with Crippen LogP contribution < -0.4 is 0 Å². The smallest absolute Gasteiger partial charge is 0.170 e. The molecule has 0 radical (unpaired) electrons. The third kappa shape index (κ3) is 1.30.